The van der Waals surface area contributed by atoms with E-state index >= 15 is 0 Å². The van der Waals surface area contributed by atoms with Gasteiger partial charge in [-0.25, -0.2) is 4.79 Å². The summed E-state index contributed by atoms with van der Waals surface area (Å²) < 4.78 is 7.38. The van der Waals surface area contributed by atoms with Crippen molar-refractivity contribution in [2.45, 2.75) is 6.61 Å². The summed E-state index contributed by atoms with van der Waals surface area (Å²) in [7, 11) is 0. The highest BCUT2D eigenvalue weighted by Gasteiger charge is 2.23. The summed E-state index contributed by atoms with van der Waals surface area (Å²) in [6.45, 7) is 0.363. The van der Waals surface area contributed by atoms with Gasteiger partial charge in [0.2, 0.25) is 0 Å². The Balaban J connectivity index is 2.31. The molecule has 0 amide bonds. The first-order valence-electron chi connectivity index (χ1n) is 5.03. The number of halogens is 1. The number of aromatic nitrogens is 1. The van der Waals surface area contributed by atoms with Crippen LogP contribution >= 0.6 is 11.6 Å². The molecule has 0 fully saturated rings. The van der Waals surface area contributed by atoms with Crippen LogP contribution in [0.2, 0.25) is 5.02 Å². The summed E-state index contributed by atoms with van der Waals surface area (Å²) in [5, 5.41) is 9.50. The average Bonchev–Trinajstić information content (AvgIpc) is 2.76. The zero-order valence-corrected chi connectivity index (χ0v) is 9.44. The number of benzene rings is 1. The molecule has 0 spiro atoms. The van der Waals surface area contributed by atoms with Gasteiger partial charge >= 0.3 is 5.97 Å². The smallest absolute Gasteiger partial charge is 0.339 e. The van der Waals surface area contributed by atoms with Gasteiger partial charge in [0.25, 0.3) is 0 Å². The largest absolute Gasteiger partial charge is 0.484 e. The van der Waals surface area contributed by atoms with Gasteiger partial charge in [-0.3, -0.25) is 0 Å². The average molecular weight is 250 g/mol. The number of carbonyl (C=O) groups is 1. The van der Waals surface area contributed by atoms with Crippen LogP contribution in [0.5, 0.6) is 5.75 Å². The second kappa shape index (κ2) is 3.53. The molecular formula is C12H8ClNO3. The van der Waals surface area contributed by atoms with Gasteiger partial charge in [0.15, 0.2) is 5.75 Å². The molecule has 0 unspecified atom stereocenters. The molecule has 0 bridgehead atoms. The number of carboxylic acid groups (broad SMARTS) is 1. The third kappa shape index (κ3) is 1.49. The number of fused-ring (bicyclic) bond motifs is 3. The first-order valence-corrected chi connectivity index (χ1v) is 5.41. The SMILES string of the molecule is O=C(O)c1cc(Cl)cc2c1OCc1cccn1-2. The summed E-state index contributed by atoms with van der Waals surface area (Å²) in [5.41, 5.74) is 1.73. The lowest BCUT2D eigenvalue weighted by Crippen LogP contribution is -2.14. The van der Waals surface area contributed by atoms with Gasteiger partial charge in [-0.15, -0.1) is 0 Å². The lowest BCUT2D eigenvalue weighted by molar-refractivity contribution is 0.0691. The minimum atomic E-state index is -1.04. The number of hydrogen-bond acceptors (Lipinski definition) is 2. The molecule has 1 aliphatic heterocycles. The molecule has 1 aliphatic rings. The number of ether oxygens (including phenoxy) is 1. The number of hydrogen-bond donors (Lipinski definition) is 1. The standard InChI is InChI=1S/C12H8ClNO3/c13-7-4-9(12(15)16)11-10(5-7)14-3-1-2-8(14)6-17-11/h1-5H,6H2,(H,15,16). The van der Waals surface area contributed by atoms with Gasteiger partial charge in [0.05, 0.1) is 11.4 Å². The molecular weight excluding hydrogens is 242 g/mol. The summed E-state index contributed by atoms with van der Waals surface area (Å²) in [6, 6.07) is 6.91. The van der Waals surface area contributed by atoms with E-state index in [1.807, 2.05) is 22.9 Å². The molecule has 0 saturated carbocycles. The highest BCUT2D eigenvalue weighted by molar-refractivity contribution is 6.31. The third-order valence-corrected chi connectivity index (χ3v) is 2.94. The Bertz CT molecular complexity index is 618. The van der Waals surface area contributed by atoms with E-state index < -0.39 is 5.97 Å². The normalized spacial score (nSPS) is 12.5. The molecule has 17 heavy (non-hydrogen) atoms. The van der Waals surface area contributed by atoms with Crippen LogP contribution in [0.25, 0.3) is 5.69 Å². The first kappa shape index (κ1) is 10.2. The molecule has 0 radical (unpaired) electrons. The Morgan fingerprint density at radius 3 is 3.06 bits per heavy atom. The monoisotopic (exact) mass is 249 g/mol. The van der Waals surface area contributed by atoms with Crippen molar-refractivity contribution >= 4 is 17.6 Å². The van der Waals surface area contributed by atoms with Crippen LogP contribution in [0.15, 0.2) is 30.5 Å². The van der Waals surface area contributed by atoms with Crippen LogP contribution in [0, 0.1) is 0 Å². The van der Waals surface area contributed by atoms with E-state index in [1.54, 1.807) is 6.07 Å². The molecule has 4 nitrogen and oxygen atoms in total. The topological polar surface area (TPSA) is 51.5 Å². The fourth-order valence-corrected chi connectivity index (χ4v) is 2.20. The van der Waals surface area contributed by atoms with Crippen LogP contribution in [-0.4, -0.2) is 15.6 Å². The molecule has 0 saturated heterocycles. The quantitative estimate of drug-likeness (QED) is 0.845. The molecule has 2 aromatic rings. The zero-order valence-electron chi connectivity index (χ0n) is 8.68. The van der Waals surface area contributed by atoms with Crippen molar-refractivity contribution < 1.29 is 14.6 Å². The maximum Gasteiger partial charge on any atom is 0.339 e. The van der Waals surface area contributed by atoms with Crippen LogP contribution < -0.4 is 4.74 Å². The van der Waals surface area contributed by atoms with Crippen molar-refractivity contribution in [3.63, 3.8) is 0 Å². The van der Waals surface area contributed by atoms with Crippen molar-refractivity contribution in [1.29, 1.82) is 0 Å². The van der Waals surface area contributed by atoms with Gasteiger partial charge in [-0.05, 0) is 24.3 Å². The number of carboxylic acids is 1. The van der Waals surface area contributed by atoms with E-state index in [0.717, 1.165) is 5.69 Å². The molecule has 1 N–H and O–H groups in total. The fraction of sp³-hybridized carbons (Fsp3) is 0.0833. The van der Waals surface area contributed by atoms with Crippen molar-refractivity contribution in [3.05, 3.63) is 46.7 Å². The van der Waals surface area contributed by atoms with Gasteiger partial charge in [-0.1, -0.05) is 11.6 Å². The predicted molar refractivity (Wildman–Crippen MR) is 62.1 cm³/mol. The van der Waals surface area contributed by atoms with Crippen LogP contribution in [0.3, 0.4) is 0 Å². The lowest BCUT2D eigenvalue weighted by atomic mass is 10.1. The second-order valence-corrected chi connectivity index (χ2v) is 4.20. The summed E-state index contributed by atoms with van der Waals surface area (Å²) >= 11 is 5.93. The number of nitrogens with zero attached hydrogens (tertiary/aromatic N) is 1. The molecule has 3 rings (SSSR count). The van der Waals surface area contributed by atoms with E-state index in [2.05, 4.69) is 0 Å². The Morgan fingerprint density at radius 2 is 2.29 bits per heavy atom. The third-order valence-electron chi connectivity index (χ3n) is 2.72. The van der Waals surface area contributed by atoms with E-state index in [9.17, 15) is 4.79 Å². The van der Waals surface area contributed by atoms with E-state index in [4.69, 9.17) is 21.4 Å². The van der Waals surface area contributed by atoms with Crippen molar-refractivity contribution in [1.82, 2.24) is 4.57 Å². The number of rotatable bonds is 1. The van der Waals surface area contributed by atoms with Crippen molar-refractivity contribution in [3.8, 4) is 11.4 Å². The zero-order chi connectivity index (χ0) is 12.0. The highest BCUT2D eigenvalue weighted by atomic mass is 35.5. The van der Waals surface area contributed by atoms with Gasteiger partial charge < -0.3 is 14.4 Å². The molecule has 0 aliphatic carbocycles. The minimum Gasteiger partial charge on any atom is -0.484 e. The molecule has 2 heterocycles. The summed E-state index contributed by atoms with van der Waals surface area (Å²) in [6.07, 6.45) is 1.86. The molecule has 5 heteroatoms. The van der Waals surface area contributed by atoms with E-state index in [1.165, 1.54) is 6.07 Å². The predicted octanol–water partition coefficient (Wildman–Crippen LogP) is 2.72. The minimum absolute atomic E-state index is 0.0897. The molecule has 1 aromatic carbocycles. The lowest BCUT2D eigenvalue weighted by Gasteiger charge is -2.22. The van der Waals surface area contributed by atoms with Crippen LogP contribution in [-0.2, 0) is 6.61 Å². The van der Waals surface area contributed by atoms with Crippen LogP contribution in [0.1, 0.15) is 16.1 Å². The van der Waals surface area contributed by atoms with Crippen molar-refractivity contribution in [2.24, 2.45) is 0 Å². The first-order chi connectivity index (χ1) is 8.16. The molecule has 1 aromatic heterocycles. The summed E-state index contributed by atoms with van der Waals surface area (Å²) in [4.78, 5) is 11.1. The van der Waals surface area contributed by atoms with Gasteiger partial charge in [0, 0.05) is 11.2 Å². The Morgan fingerprint density at radius 1 is 1.47 bits per heavy atom. The maximum absolute atomic E-state index is 11.1. The second-order valence-electron chi connectivity index (χ2n) is 3.76. The van der Waals surface area contributed by atoms with E-state index in [-0.39, 0.29) is 5.56 Å². The van der Waals surface area contributed by atoms with Gasteiger partial charge in [0.1, 0.15) is 12.2 Å². The Labute approximate surface area is 102 Å². The fourth-order valence-electron chi connectivity index (χ4n) is 1.98. The highest BCUT2D eigenvalue weighted by Crippen LogP contribution is 2.35. The molecule has 86 valence electrons. The maximum atomic E-state index is 11.1. The Kier molecular flexibility index (Phi) is 2.12. The van der Waals surface area contributed by atoms with E-state index in [0.29, 0.717) is 23.1 Å². The Hall–Kier alpha value is -1.94. The van der Waals surface area contributed by atoms with Gasteiger partial charge in [-0.2, -0.15) is 0 Å². The summed E-state index contributed by atoms with van der Waals surface area (Å²) in [5.74, 6) is -0.676. The molecule has 0 atom stereocenters. The van der Waals surface area contributed by atoms with Crippen LogP contribution in [0.4, 0.5) is 0 Å². The number of aromatic carboxylic acids is 1. The van der Waals surface area contributed by atoms with Crippen molar-refractivity contribution in [2.75, 3.05) is 0 Å².